The third-order valence-corrected chi connectivity index (χ3v) is 6.17. The second kappa shape index (κ2) is 5.52. The van der Waals surface area contributed by atoms with Gasteiger partial charge in [0.15, 0.2) is 0 Å². The summed E-state index contributed by atoms with van der Waals surface area (Å²) in [5.41, 5.74) is -0.239. The summed E-state index contributed by atoms with van der Waals surface area (Å²) in [4.78, 5) is 1.44. The lowest BCUT2D eigenvalue weighted by Crippen LogP contribution is -2.50. The summed E-state index contributed by atoms with van der Waals surface area (Å²) in [6.07, 6.45) is 2.96. The Hall–Kier alpha value is -0.430. The lowest BCUT2D eigenvalue weighted by atomic mass is 9.80. The maximum Gasteiger partial charge on any atom is 0.241 e. The standard InChI is InChI=1S/C13H22N2O2S2/c1-10(2)14-8-11-7-12(9-18-11)19(16,17)15-13(3)5-4-6-13/h7,9-10,14-15H,4-6,8H2,1-3H3. The van der Waals surface area contributed by atoms with Crippen LogP contribution in [0.1, 0.15) is 44.9 Å². The first kappa shape index (κ1) is 15.0. The lowest BCUT2D eigenvalue weighted by molar-refractivity contribution is 0.248. The second-order valence-corrected chi connectivity index (χ2v) is 8.48. The maximum absolute atomic E-state index is 12.3. The van der Waals surface area contributed by atoms with Crippen molar-refractivity contribution in [3.8, 4) is 0 Å². The summed E-state index contributed by atoms with van der Waals surface area (Å²) >= 11 is 1.49. The fourth-order valence-electron chi connectivity index (χ4n) is 2.09. The van der Waals surface area contributed by atoms with E-state index in [1.807, 2.05) is 6.92 Å². The highest BCUT2D eigenvalue weighted by Crippen LogP contribution is 2.33. The van der Waals surface area contributed by atoms with E-state index < -0.39 is 10.0 Å². The molecule has 1 aliphatic rings. The molecule has 108 valence electrons. The van der Waals surface area contributed by atoms with Gasteiger partial charge >= 0.3 is 0 Å². The fourth-order valence-corrected chi connectivity index (χ4v) is 4.78. The van der Waals surface area contributed by atoms with E-state index in [1.165, 1.54) is 11.3 Å². The molecule has 1 aromatic heterocycles. The molecule has 2 N–H and O–H groups in total. The molecule has 1 fully saturated rings. The minimum absolute atomic E-state index is 0.239. The van der Waals surface area contributed by atoms with Crippen LogP contribution in [-0.4, -0.2) is 20.0 Å². The monoisotopic (exact) mass is 302 g/mol. The van der Waals surface area contributed by atoms with E-state index in [0.717, 1.165) is 30.7 Å². The largest absolute Gasteiger partial charge is 0.310 e. The van der Waals surface area contributed by atoms with E-state index in [2.05, 4.69) is 23.9 Å². The van der Waals surface area contributed by atoms with E-state index in [9.17, 15) is 8.42 Å². The molecule has 0 amide bonds. The van der Waals surface area contributed by atoms with Gasteiger partial charge in [0.05, 0.1) is 4.90 Å². The smallest absolute Gasteiger partial charge is 0.241 e. The van der Waals surface area contributed by atoms with Crippen LogP contribution in [0, 0.1) is 0 Å². The molecule has 0 unspecified atom stereocenters. The molecule has 0 aromatic carbocycles. The van der Waals surface area contributed by atoms with E-state index in [0.29, 0.717) is 10.9 Å². The SMILES string of the molecule is CC(C)NCc1cc(S(=O)(=O)NC2(C)CCC2)cs1. The van der Waals surface area contributed by atoms with Crippen molar-refractivity contribution in [1.29, 1.82) is 0 Å². The number of hydrogen-bond acceptors (Lipinski definition) is 4. The number of sulfonamides is 1. The van der Waals surface area contributed by atoms with Gasteiger partial charge in [0.25, 0.3) is 0 Å². The van der Waals surface area contributed by atoms with Crippen molar-refractivity contribution < 1.29 is 8.42 Å². The highest BCUT2D eigenvalue weighted by atomic mass is 32.2. The van der Waals surface area contributed by atoms with Gasteiger partial charge in [0.1, 0.15) is 0 Å². The van der Waals surface area contributed by atoms with E-state index in [-0.39, 0.29) is 5.54 Å². The molecule has 0 aliphatic heterocycles. The van der Waals surface area contributed by atoms with Crippen LogP contribution < -0.4 is 10.0 Å². The van der Waals surface area contributed by atoms with Gasteiger partial charge in [-0.3, -0.25) is 0 Å². The minimum Gasteiger partial charge on any atom is -0.310 e. The van der Waals surface area contributed by atoms with Crippen molar-refractivity contribution >= 4 is 21.4 Å². The Bertz CT molecular complexity index is 531. The van der Waals surface area contributed by atoms with Gasteiger partial charge in [-0.05, 0) is 32.3 Å². The average Bonchev–Trinajstić information content (AvgIpc) is 2.73. The van der Waals surface area contributed by atoms with Crippen LogP contribution in [0.25, 0.3) is 0 Å². The Morgan fingerprint density at radius 1 is 1.42 bits per heavy atom. The fraction of sp³-hybridized carbons (Fsp3) is 0.692. The number of thiophene rings is 1. The minimum atomic E-state index is -3.36. The van der Waals surface area contributed by atoms with Gasteiger partial charge < -0.3 is 5.32 Å². The van der Waals surface area contributed by atoms with Crippen LogP contribution in [0.2, 0.25) is 0 Å². The van der Waals surface area contributed by atoms with Crippen LogP contribution in [0.5, 0.6) is 0 Å². The molecule has 1 aliphatic carbocycles. The molecule has 2 rings (SSSR count). The lowest BCUT2D eigenvalue weighted by Gasteiger charge is -2.38. The molecule has 0 radical (unpaired) electrons. The summed E-state index contributed by atoms with van der Waals surface area (Å²) in [5.74, 6) is 0. The van der Waals surface area contributed by atoms with Crippen molar-refractivity contribution in [1.82, 2.24) is 10.0 Å². The third-order valence-electron chi connectivity index (χ3n) is 3.46. The zero-order chi connectivity index (χ0) is 14.1. The van der Waals surface area contributed by atoms with Gasteiger partial charge in [-0.2, -0.15) is 0 Å². The summed E-state index contributed by atoms with van der Waals surface area (Å²) in [6.45, 7) is 6.84. The number of hydrogen-bond donors (Lipinski definition) is 2. The van der Waals surface area contributed by atoms with Crippen molar-refractivity contribution in [2.24, 2.45) is 0 Å². The van der Waals surface area contributed by atoms with Crippen LogP contribution in [0.3, 0.4) is 0 Å². The third kappa shape index (κ3) is 3.78. The van der Waals surface area contributed by atoms with Crippen molar-refractivity contribution in [2.45, 2.75) is 63.1 Å². The molecule has 19 heavy (non-hydrogen) atoms. The highest BCUT2D eigenvalue weighted by molar-refractivity contribution is 7.89. The average molecular weight is 302 g/mol. The number of rotatable bonds is 6. The second-order valence-electron chi connectivity index (χ2n) is 5.80. The molecule has 6 heteroatoms. The van der Waals surface area contributed by atoms with E-state index in [4.69, 9.17) is 0 Å². The van der Waals surface area contributed by atoms with Crippen LogP contribution >= 0.6 is 11.3 Å². The molecule has 0 saturated heterocycles. The Kier molecular flexibility index (Phi) is 4.35. The molecular formula is C13H22N2O2S2. The molecular weight excluding hydrogens is 280 g/mol. The topological polar surface area (TPSA) is 58.2 Å². The molecule has 1 saturated carbocycles. The molecule has 0 bridgehead atoms. The maximum atomic E-state index is 12.3. The van der Waals surface area contributed by atoms with Gasteiger partial charge in [-0.1, -0.05) is 13.8 Å². The van der Waals surface area contributed by atoms with Gasteiger partial charge in [0, 0.05) is 28.4 Å². The van der Waals surface area contributed by atoms with Crippen molar-refractivity contribution in [2.75, 3.05) is 0 Å². The van der Waals surface area contributed by atoms with Gasteiger partial charge in [-0.15, -0.1) is 11.3 Å². The Labute approximate surface area is 119 Å². The van der Waals surface area contributed by atoms with Crippen LogP contribution in [0.4, 0.5) is 0 Å². The first-order valence-corrected chi connectivity index (χ1v) is 9.02. The first-order valence-electron chi connectivity index (χ1n) is 6.66. The van der Waals surface area contributed by atoms with Gasteiger partial charge in [-0.25, -0.2) is 13.1 Å². The van der Waals surface area contributed by atoms with E-state index >= 15 is 0 Å². The Morgan fingerprint density at radius 2 is 2.11 bits per heavy atom. The normalized spacial score (nSPS) is 18.5. The van der Waals surface area contributed by atoms with Gasteiger partial charge in [0.2, 0.25) is 10.0 Å². The summed E-state index contributed by atoms with van der Waals surface area (Å²) in [5, 5.41) is 5.02. The molecule has 0 spiro atoms. The zero-order valence-electron chi connectivity index (χ0n) is 11.7. The zero-order valence-corrected chi connectivity index (χ0v) is 13.3. The molecule has 4 nitrogen and oxygen atoms in total. The highest BCUT2D eigenvalue weighted by Gasteiger charge is 2.36. The number of nitrogens with one attached hydrogen (secondary N) is 2. The quantitative estimate of drug-likeness (QED) is 0.848. The van der Waals surface area contributed by atoms with Crippen molar-refractivity contribution in [3.63, 3.8) is 0 Å². The summed E-state index contributed by atoms with van der Waals surface area (Å²) < 4.78 is 27.4. The molecule has 0 atom stereocenters. The first-order chi connectivity index (χ1) is 8.81. The van der Waals surface area contributed by atoms with Crippen LogP contribution in [0.15, 0.2) is 16.3 Å². The predicted octanol–water partition coefficient (Wildman–Crippen LogP) is 2.47. The van der Waals surface area contributed by atoms with E-state index in [1.54, 1.807) is 11.4 Å². The summed E-state index contributed by atoms with van der Waals surface area (Å²) in [6, 6.07) is 2.17. The van der Waals surface area contributed by atoms with Crippen molar-refractivity contribution in [3.05, 3.63) is 16.3 Å². The Balaban J connectivity index is 2.04. The van der Waals surface area contributed by atoms with Crippen LogP contribution in [-0.2, 0) is 16.6 Å². The summed E-state index contributed by atoms with van der Waals surface area (Å²) in [7, 11) is -3.36. The molecule has 1 aromatic rings. The predicted molar refractivity (Wildman–Crippen MR) is 78.9 cm³/mol. The molecule has 1 heterocycles. The Morgan fingerprint density at radius 3 is 2.63 bits per heavy atom.